The van der Waals surface area contributed by atoms with E-state index >= 15 is 0 Å². The molecule has 6 heteroatoms. The first kappa shape index (κ1) is 9.97. The molecule has 0 fully saturated rings. The van der Waals surface area contributed by atoms with Gasteiger partial charge in [-0.25, -0.2) is 14.4 Å². The van der Waals surface area contributed by atoms with E-state index in [-0.39, 0.29) is 5.56 Å². The second-order valence-electron chi connectivity index (χ2n) is 2.77. The Labute approximate surface area is 92.3 Å². The first-order valence-electron chi connectivity index (χ1n) is 4.03. The summed E-state index contributed by atoms with van der Waals surface area (Å²) in [4.78, 5) is 21.5. The molecule has 0 saturated carbocycles. The molecule has 0 aliphatic rings. The lowest BCUT2D eigenvalue weighted by Crippen LogP contribution is -2.09. The summed E-state index contributed by atoms with van der Waals surface area (Å²) in [5.74, 6) is -0.124. The van der Waals surface area contributed by atoms with Gasteiger partial charge in [-0.05, 0) is 28.1 Å². The van der Waals surface area contributed by atoms with E-state index in [9.17, 15) is 9.18 Å². The van der Waals surface area contributed by atoms with E-state index in [4.69, 9.17) is 0 Å². The molecular weight excluding hydrogens is 265 g/mol. The Hall–Kier alpha value is -1.56. The van der Waals surface area contributed by atoms with Crippen LogP contribution in [0.25, 0.3) is 11.5 Å². The van der Waals surface area contributed by atoms with Crippen molar-refractivity contribution in [2.75, 3.05) is 0 Å². The molecule has 76 valence electrons. The van der Waals surface area contributed by atoms with Gasteiger partial charge in [-0.3, -0.25) is 4.79 Å². The van der Waals surface area contributed by atoms with Crippen LogP contribution in [0, 0.1) is 5.82 Å². The van der Waals surface area contributed by atoms with E-state index in [1.807, 2.05) is 0 Å². The molecule has 0 aliphatic carbocycles. The van der Waals surface area contributed by atoms with Crippen molar-refractivity contribution >= 4 is 15.9 Å². The second-order valence-corrected chi connectivity index (χ2v) is 3.62. The number of hydrogen-bond donors (Lipinski definition) is 1. The molecule has 2 aromatic heterocycles. The number of aromatic amines is 1. The fraction of sp³-hybridized carbons (Fsp3) is 0. The molecule has 2 rings (SSSR count). The highest BCUT2D eigenvalue weighted by molar-refractivity contribution is 9.10. The number of H-pyrrole nitrogens is 1. The van der Waals surface area contributed by atoms with Gasteiger partial charge >= 0.3 is 0 Å². The summed E-state index contributed by atoms with van der Waals surface area (Å²) < 4.78 is 12.9. The molecule has 2 heterocycles. The van der Waals surface area contributed by atoms with E-state index in [1.54, 1.807) is 0 Å². The number of pyridine rings is 1. The van der Waals surface area contributed by atoms with Gasteiger partial charge in [-0.15, -0.1) is 0 Å². The molecule has 0 saturated heterocycles. The number of rotatable bonds is 1. The molecule has 0 aliphatic heterocycles. The van der Waals surface area contributed by atoms with Crippen molar-refractivity contribution in [3.05, 3.63) is 45.2 Å². The standard InChI is InChI=1S/C9H5BrFN3O/c10-6-4-13-8(14-9(6)15)7-2-1-5(11)3-12-7/h1-4H,(H,13,14,15). The molecule has 0 spiro atoms. The van der Waals surface area contributed by atoms with Gasteiger partial charge in [-0.1, -0.05) is 0 Å². The summed E-state index contributed by atoms with van der Waals surface area (Å²) in [6.45, 7) is 0. The summed E-state index contributed by atoms with van der Waals surface area (Å²) in [6, 6.07) is 2.70. The summed E-state index contributed by atoms with van der Waals surface area (Å²) in [7, 11) is 0. The SMILES string of the molecule is O=c1[nH]c(-c2ccc(F)cn2)ncc1Br. The van der Waals surface area contributed by atoms with Gasteiger partial charge in [0.2, 0.25) is 0 Å². The third-order valence-electron chi connectivity index (χ3n) is 1.73. The second kappa shape index (κ2) is 3.90. The minimum atomic E-state index is -0.432. The topological polar surface area (TPSA) is 58.6 Å². The molecule has 0 amide bonds. The van der Waals surface area contributed by atoms with Crippen molar-refractivity contribution in [1.29, 1.82) is 0 Å². The molecule has 15 heavy (non-hydrogen) atoms. The summed E-state index contributed by atoms with van der Waals surface area (Å²) in [6.07, 6.45) is 2.44. The summed E-state index contributed by atoms with van der Waals surface area (Å²) >= 11 is 3.03. The van der Waals surface area contributed by atoms with E-state index in [1.165, 1.54) is 18.3 Å². The number of halogens is 2. The number of nitrogens with zero attached hydrogens (tertiary/aromatic N) is 2. The van der Waals surface area contributed by atoms with Crippen molar-refractivity contribution < 1.29 is 4.39 Å². The minimum Gasteiger partial charge on any atom is -0.304 e. The number of aromatic nitrogens is 3. The highest BCUT2D eigenvalue weighted by Crippen LogP contribution is 2.10. The van der Waals surface area contributed by atoms with Gasteiger partial charge in [0.15, 0.2) is 5.82 Å². The van der Waals surface area contributed by atoms with Gasteiger partial charge in [0.05, 0.1) is 6.20 Å². The maximum atomic E-state index is 12.6. The lowest BCUT2D eigenvalue weighted by atomic mass is 10.3. The average Bonchev–Trinajstić information content (AvgIpc) is 2.23. The smallest absolute Gasteiger partial charge is 0.265 e. The van der Waals surface area contributed by atoms with Crippen molar-refractivity contribution in [2.24, 2.45) is 0 Å². The van der Waals surface area contributed by atoms with Gasteiger partial charge in [0, 0.05) is 6.20 Å². The van der Waals surface area contributed by atoms with Crippen molar-refractivity contribution in [3.63, 3.8) is 0 Å². The van der Waals surface area contributed by atoms with E-state index in [0.29, 0.717) is 16.0 Å². The first-order chi connectivity index (χ1) is 7.16. The number of hydrogen-bond acceptors (Lipinski definition) is 3. The van der Waals surface area contributed by atoms with Crippen LogP contribution in [0.3, 0.4) is 0 Å². The molecule has 2 aromatic rings. The minimum absolute atomic E-state index is 0.300. The molecule has 1 N–H and O–H groups in total. The zero-order valence-corrected chi connectivity index (χ0v) is 8.95. The molecule has 4 nitrogen and oxygen atoms in total. The van der Waals surface area contributed by atoms with Crippen molar-refractivity contribution in [3.8, 4) is 11.5 Å². The Bertz CT molecular complexity index is 538. The maximum absolute atomic E-state index is 12.6. The van der Waals surface area contributed by atoms with Crippen LogP contribution >= 0.6 is 15.9 Å². The first-order valence-corrected chi connectivity index (χ1v) is 4.83. The van der Waals surface area contributed by atoms with Crippen LogP contribution in [-0.4, -0.2) is 15.0 Å². The molecule has 0 unspecified atom stereocenters. The van der Waals surface area contributed by atoms with Crippen molar-refractivity contribution in [2.45, 2.75) is 0 Å². The fourth-order valence-corrected chi connectivity index (χ4v) is 1.23. The van der Waals surface area contributed by atoms with Crippen LogP contribution in [0.4, 0.5) is 4.39 Å². The Morgan fingerprint density at radius 2 is 2.07 bits per heavy atom. The van der Waals surface area contributed by atoms with Crippen molar-refractivity contribution in [1.82, 2.24) is 15.0 Å². The van der Waals surface area contributed by atoms with Crippen LogP contribution in [0.2, 0.25) is 0 Å². The molecule has 0 bridgehead atoms. The quantitative estimate of drug-likeness (QED) is 0.858. The highest BCUT2D eigenvalue weighted by atomic mass is 79.9. The summed E-state index contributed by atoms with van der Waals surface area (Å²) in [5, 5.41) is 0. The van der Waals surface area contributed by atoms with Gasteiger partial charge in [0.1, 0.15) is 16.0 Å². The monoisotopic (exact) mass is 269 g/mol. The Morgan fingerprint density at radius 3 is 2.67 bits per heavy atom. The van der Waals surface area contributed by atoms with E-state index < -0.39 is 5.82 Å². The van der Waals surface area contributed by atoms with Gasteiger partial charge < -0.3 is 4.98 Å². The summed E-state index contributed by atoms with van der Waals surface area (Å²) in [5.41, 5.74) is 0.118. The normalized spacial score (nSPS) is 10.3. The van der Waals surface area contributed by atoms with Crippen LogP contribution in [-0.2, 0) is 0 Å². The van der Waals surface area contributed by atoms with Crippen LogP contribution < -0.4 is 5.56 Å². The third-order valence-corrected chi connectivity index (χ3v) is 2.29. The predicted octanol–water partition coefficient (Wildman–Crippen LogP) is 1.73. The molecular formula is C9H5BrFN3O. The Kier molecular flexibility index (Phi) is 2.59. The van der Waals surface area contributed by atoms with Crippen LogP contribution in [0.15, 0.2) is 33.8 Å². The van der Waals surface area contributed by atoms with Gasteiger partial charge in [-0.2, -0.15) is 0 Å². The predicted molar refractivity (Wildman–Crippen MR) is 55.7 cm³/mol. The van der Waals surface area contributed by atoms with Gasteiger partial charge in [0.25, 0.3) is 5.56 Å². The zero-order chi connectivity index (χ0) is 10.8. The largest absolute Gasteiger partial charge is 0.304 e. The fourth-order valence-electron chi connectivity index (χ4n) is 1.03. The van der Waals surface area contributed by atoms with E-state index in [2.05, 4.69) is 30.9 Å². The lowest BCUT2D eigenvalue weighted by molar-refractivity contribution is 0.621. The average molecular weight is 270 g/mol. The van der Waals surface area contributed by atoms with Crippen LogP contribution in [0.5, 0.6) is 0 Å². The molecule has 0 radical (unpaired) electrons. The lowest BCUT2D eigenvalue weighted by Gasteiger charge is -1.98. The molecule has 0 atom stereocenters. The molecule has 0 aromatic carbocycles. The Morgan fingerprint density at radius 1 is 1.27 bits per heavy atom. The number of nitrogens with one attached hydrogen (secondary N) is 1. The van der Waals surface area contributed by atoms with E-state index in [0.717, 1.165) is 6.20 Å². The van der Waals surface area contributed by atoms with Crippen LogP contribution in [0.1, 0.15) is 0 Å². The zero-order valence-electron chi connectivity index (χ0n) is 7.37. The third kappa shape index (κ3) is 2.10. The highest BCUT2D eigenvalue weighted by Gasteiger charge is 2.03. The maximum Gasteiger partial charge on any atom is 0.265 e. The Balaban J connectivity index is 2.50.